The largest absolute Gasteiger partial charge is 0.309 e. The number of hydrogen-bond acceptors (Lipinski definition) is 6. The Balaban J connectivity index is 1.67. The average Bonchev–Trinajstić information content (AvgIpc) is 3.02. The minimum Gasteiger partial charge on any atom is -0.309 e. The van der Waals surface area contributed by atoms with Gasteiger partial charge in [0.2, 0.25) is 0 Å². The molecule has 0 aliphatic rings. The fraction of sp³-hybridized carbons (Fsp3) is 0.0714. The van der Waals surface area contributed by atoms with Crippen molar-refractivity contribution in [1.82, 2.24) is 30.1 Å². The van der Waals surface area contributed by atoms with Crippen molar-refractivity contribution in [3.63, 3.8) is 0 Å². The lowest BCUT2D eigenvalue weighted by molar-refractivity contribution is 1.03. The molecule has 0 unspecified atom stereocenters. The maximum absolute atomic E-state index is 12.0. The molecule has 0 amide bonds. The number of aromatic nitrogens is 6. The van der Waals surface area contributed by atoms with E-state index in [1.165, 1.54) is 18.1 Å². The minimum atomic E-state index is -0.127. The van der Waals surface area contributed by atoms with Gasteiger partial charge in [0.05, 0.1) is 28.2 Å². The van der Waals surface area contributed by atoms with Gasteiger partial charge in [0.15, 0.2) is 5.65 Å². The third-order valence-electron chi connectivity index (χ3n) is 3.22. The number of para-hydroxylation sites is 1. The van der Waals surface area contributed by atoms with Crippen molar-refractivity contribution < 1.29 is 0 Å². The van der Waals surface area contributed by atoms with Gasteiger partial charge in [0.25, 0.3) is 5.56 Å². The maximum atomic E-state index is 12.0. The van der Waals surface area contributed by atoms with Crippen LogP contribution in [0.2, 0.25) is 0 Å². The molecule has 4 rings (SSSR count). The van der Waals surface area contributed by atoms with Crippen molar-refractivity contribution in [2.24, 2.45) is 0 Å². The third-order valence-corrected chi connectivity index (χ3v) is 4.24. The molecule has 2 N–H and O–H groups in total. The van der Waals surface area contributed by atoms with Gasteiger partial charge >= 0.3 is 0 Å². The van der Waals surface area contributed by atoms with Crippen LogP contribution in [0.15, 0.2) is 46.6 Å². The molecule has 8 heteroatoms. The molecule has 22 heavy (non-hydrogen) atoms. The summed E-state index contributed by atoms with van der Waals surface area (Å²) < 4.78 is 0. The lowest BCUT2D eigenvalue weighted by atomic mass is 10.2. The summed E-state index contributed by atoms with van der Waals surface area (Å²) in [6, 6.07) is 7.28. The van der Waals surface area contributed by atoms with Crippen LogP contribution in [0.1, 0.15) is 5.82 Å². The molecule has 0 bridgehead atoms. The van der Waals surface area contributed by atoms with Crippen LogP contribution in [-0.2, 0) is 5.75 Å². The number of nitrogens with zero attached hydrogens (tertiary/aromatic N) is 4. The Hall–Kier alpha value is -2.74. The highest BCUT2D eigenvalue weighted by Crippen LogP contribution is 2.25. The van der Waals surface area contributed by atoms with Crippen LogP contribution >= 0.6 is 11.8 Å². The standard InChI is InChI=1S/C14H10N6OS/c21-13-8-3-1-2-4-10(8)18-11(19-13)6-22-14-9-5-17-20-12(9)15-7-16-14/h1-5,7H,6H2,(H,18,19,21)(H,15,16,17,20). The second-order valence-electron chi connectivity index (χ2n) is 4.63. The second kappa shape index (κ2) is 5.23. The number of nitrogens with one attached hydrogen (secondary N) is 2. The van der Waals surface area contributed by atoms with Crippen LogP contribution in [-0.4, -0.2) is 30.1 Å². The number of thioether (sulfide) groups is 1. The van der Waals surface area contributed by atoms with E-state index in [1.54, 1.807) is 12.3 Å². The van der Waals surface area contributed by atoms with Gasteiger partial charge in [-0.1, -0.05) is 23.9 Å². The molecule has 0 saturated heterocycles. The molecule has 7 nitrogen and oxygen atoms in total. The minimum absolute atomic E-state index is 0.127. The van der Waals surface area contributed by atoms with Gasteiger partial charge in [-0.2, -0.15) is 5.10 Å². The molecule has 0 saturated carbocycles. The van der Waals surface area contributed by atoms with Crippen molar-refractivity contribution in [2.45, 2.75) is 10.8 Å². The fourth-order valence-corrected chi connectivity index (χ4v) is 3.03. The van der Waals surface area contributed by atoms with Crippen molar-refractivity contribution in [3.05, 3.63) is 53.0 Å². The molecule has 108 valence electrons. The van der Waals surface area contributed by atoms with Crippen molar-refractivity contribution in [1.29, 1.82) is 0 Å². The lowest BCUT2D eigenvalue weighted by Crippen LogP contribution is -2.11. The first kappa shape index (κ1) is 13.0. The highest BCUT2D eigenvalue weighted by atomic mass is 32.2. The lowest BCUT2D eigenvalue weighted by Gasteiger charge is -2.03. The Bertz CT molecular complexity index is 1020. The number of fused-ring (bicyclic) bond motifs is 2. The number of rotatable bonds is 3. The van der Waals surface area contributed by atoms with Gasteiger partial charge < -0.3 is 4.98 Å². The van der Waals surface area contributed by atoms with Gasteiger partial charge in [-0.15, -0.1) is 0 Å². The van der Waals surface area contributed by atoms with Crippen LogP contribution in [0.4, 0.5) is 0 Å². The van der Waals surface area contributed by atoms with Crippen LogP contribution < -0.4 is 5.56 Å². The van der Waals surface area contributed by atoms with E-state index < -0.39 is 0 Å². The maximum Gasteiger partial charge on any atom is 0.258 e. The Morgan fingerprint density at radius 3 is 3.00 bits per heavy atom. The van der Waals surface area contributed by atoms with Gasteiger partial charge in [-0.05, 0) is 12.1 Å². The predicted molar refractivity (Wildman–Crippen MR) is 83.6 cm³/mol. The average molecular weight is 310 g/mol. The summed E-state index contributed by atoms with van der Waals surface area (Å²) in [5, 5.41) is 9.01. The number of H-pyrrole nitrogens is 2. The monoisotopic (exact) mass is 310 g/mol. The normalized spacial score (nSPS) is 11.3. The molecule has 0 aliphatic carbocycles. The van der Waals surface area contributed by atoms with E-state index in [4.69, 9.17) is 0 Å². The van der Waals surface area contributed by atoms with Gasteiger partial charge in [-0.25, -0.2) is 15.0 Å². The molecule has 1 aromatic carbocycles. The molecule has 0 radical (unpaired) electrons. The van der Waals surface area contributed by atoms with Gasteiger partial charge in [0, 0.05) is 0 Å². The molecule has 3 aromatic heterocycles. The summed E-state index contributed by atoms with van der Waals surface area (Å²) >= 11 is 1.48. The number of hydrogen-bond donors (Lipinski definition) is 2. The number of aromatic amines is 2. The summed E-state index contributed by atoms with van der Waals surface area (Å²) in [4.78, 5) is 27.7. The molecule has 4 aromatic rings. The van der Waals surface area contributed by atoms with Crippen LogP contribution in [0, 0.1) is 0 Å². The zero-order valence-electron chi connectivity index (χ0n) is 11.3. The summed E-state index contributed by atoms with van der Waals surface area (Å²) in [6.45, 7) is 0. The van der Waals surface area contributed by atoms with E-state index in [9.17, 15) is 4.79 Å². The van der Waals surface area contributed by atoms with E-state index in [0.717, 1.165) is 10.4 Å². The Morgan fingerprint density at radius 2 is 2.05 bits per heavy atom. The van der Waals surface area contributed by atoms with Crippen LogP contribution in [0.3, 0.4) is 0 Å². The fourth-order valence-electron chi connectivity index (χ4n) is 2.20. The van der Waals surface area contributed by atoms with E-state index in [0.29, 0.717) is 28.1 Å². The number of benzene rings is 1. The molecule has 0 atom stereocenters. The zero-order valence-corrected chi connectivity index (χ0v) is 12.1. The topological polar surface area (TPSA) is 100 Å². The molecular weight excluding hydrogens is 300 g/mol. The zero-order chi connectivity index (χ0) is 14.9. The SMILES string of the molecule is O=c1[nH]c(CSc2ncnc3[nH]ncc23)nc2ccccc12. The summed E-state index contributed by atoms with van der Waals surface area (Å²) in [5.41, 5.74) is 1.26. The van der Waals surface area contributed by atoms with Crippen molar-refractivity contribution >= 4 is 33.7 Å². The first-order chi connectivity index (χ1) is 10.8. The molecular formula is C14H10N6OS. The van der Waals surface area contributed by atoms with E-state index >= 15 is 0 Å². The van der Waals surface area contributed by atoms with E-state index in [2.05, 4.69) is 30.1 Å². The van der Waals surface area contributed by atoms with Crippen molar-refractivity contribution in [3.8, 4) is 0 Å². The molecule has 0 fully saturated rings. The quantitative estimate of drug-likeness (QED) is 0.443. The van der Waals surface area contributed by atoms with Crippen molar-refractivity contribution in [2.75, 3.05) is 0 Å². The second-order valence-corrected chi connectivity index (χ2v) is 5.59. The summed E-state index contributed by atoms with van der Waals surface area (Å²) in [7, 11) is 0. The highest BCUT2D eigenvalue weighted by Gasteiger charge is 2.08. The molecule has 0 spiro atoms. The first-order valence-electron chi connectivity index (χ1n) is 6.56. The Morgan fingerprint density at radius 1 is 1.14 bits per heavy atom. The van der Waals surface area contributed by atoms with E-state index in [1.807, 2.05) is 18.2 Å². The summed E-state index contributed by atoms with van der Waals surface area (Å²) in [6.07, 6.45) is 3.17. The smallest absolute Gasteiger partial charge is 0.258 e. The Kier molecular flexibility index (Phi) is 3.08. The molecule has 0 aliphatic heterocycles. The van der Waals surface area contributed by atoms with Gasteiger partial charge in [-0.3, -0.25) is 9.89 Å². The third kappa shape index (κ3) is 2.23. The Labute approximate surface area is 128 Å². The summed E-state index contributed by atoms with van der Waals surface area (Å²) in [5.74, 6) is 1.13. The van der Waals surface area contributed by atoms with Crippen LogP contribution in [0.5, 0.6) is 0 Å². The highest BCUT2D eigenvalue weighted by molar-refractivity contribution is 7.98. The molecule has 3 heterocycles. The predicted octanol–water partition coefficient (Wildman–Crippen LogP) is 1.88. The first-order valence-corrected chi connectivity index (χ1v) is 7.54. The van der Waals surface area contributed by atoms with Crippen LogP contribution in [0.25, 0.3) is 21.9 Å². The van der Waals surface area contributed by atoms with E-state index in [-0.39, 0.29) is 5.56 Å². The van der Waals surface area contributed by atoms with Gasteiger partial charge in [0.1, 0.15) is 17.2 Å².